The Labute approximate surface area is 208 Å². The van der Waals surface area contributed by atoms with Gasteiger partial charge in [0, 0.05) is 17.9 Å². The number of hydrogen-bond donors (Lipinski definition) is 4. The van der Waals surface area contributed by atoms with Crippen LogP contribution in [-0.4, -0.2) is 59.5 Å². The Bertz CT molecular complexity index is 1120. The van der Waals surface area contributed by atoms with Crippen LogP contribution in [0.15, 0.2) is 59.5 Å². The number of para-hydroxylation sites is 1. The van der Waals surface area contributed by atoms with Crippen LogP contribution in [0.2, 0.25) is 0 Å². The summed E-state index contributed by atoms with van der Waals surface area (Å²) in [5.41, 5.74) is 0.976. The molecule has 0 saturated carbocycles. The number of carbonyl (C=O) groups excluding carboxylic acids is 4. The number of ether oxygens (including phenoxy) is 3. The number of carbonyl (C=O) groups is 4. The van der Waals surface area contributed by atoms with Crippen LogP contribution >= 0.6 is 0 Å². The average Bonchev–Trinajstić information content (AvgIpc) is 2.85. The van der Waals surface area contributed by atoms with Gasteiger partial charge >= 0.3 is 18.3 Å². The number of likely N-dealkylation sites (N-methyl/N-ethyl adjacent to an activating group) is 1. The van der Waals surface area contributed by atoms with E-state index in [1.54, 1.807) is 35.9 Å². The van der Waals surface area contributed by atoms with Gasteiger partial charge in [0.2, 0.25) is 0 Å². The third kappa shape index (κ3) is 10.7. The van der Waals surface area contributed by atoms with Gasteiger partial charge < -0.3 is 19.5 Å². The molecule has 0 aliphatic heterocycles. The maximum atomic E-state index is 11.7. The van der Waals surface area contributed by atoms with Gasteiger partial charge in [0.15, 0.2) is 6.10 Å². The van der Waals surface area contributed by atoms with Crippen molar-refractivity contribution in [3.63, 3.8) is 0 Å². The second-order valence-electron chi connectivity index (χ2n) is 6.67. The summed E-state index contributed by atoms with van der Waals surface area (Å²) in [7, 11) is -1.74. The van der Waals surface area contributed by atoms with E-state index < -0.39 is 34.4 Å². The predicted molar refractivity (Wildman–Crippen MR) is 130 cm³/mol. The van der Waals surface area contributed by atoms with Crippen LogP contribution in [-0.2, 0) is 29.0 Å². The smallest absolute Gasteiger partial charge is 0.420 e. The molecule has 2 aromatic rings. The number of sulfonamides is 1. The normalized spacial score (nSPS) is 10.9. The van der Waals surface area contributed by atoms with Crippen LogP contribution in [0.1, 0.15) is 13.8 Å². The van der Waals surface area contributed by atoms with Gasteiger partial charge in [-0.25, -0.2) is 27.5 Å². The van der Waals surface area contributed by atoms with E-state index in [0.717, 1.165) is 7.11 Å². The molecule has 14 heteroatoms. The SMILES string of the molecule is CCNC(=O)C(C)OC(=O)Nc1ccccc1.COC(=O)Nc1ccc(S(=O)(=O)NC(=O)OC)cc1. The molecule has 0 heterocycles. The molecule has 1 atom stereocenters. The maximum absolute atomic E-state index is 11.7. The highest BCUT2D eigenvalue weighted by molar-refractivity contribution is 7.90. The third-order valence-corrected chi connectivity index (χ3v) is 5.35. The first-order valence-electron chi connectivity index (χ1n) is 10.4. The Morgan fingerprint density at radius 3 is 1.86 bits per heavy atom. The van der Waals surface area contributed by atoms with Crippen molar-refractivity contribution >= 4 is 45.6 Å². The van der Waals surface area contributed by atoms with E-state index in [1.165, 1.54) is 38.3 Å². The van der Waals surface area contributed by atoms with Crippen molar-refractivity contribution < 1.29 is 41.8 Å². The molecule has 4 N–H and O–H groups in total. The molecule has 1 unspecified atom stereocenters. The maximum Gasteiger partial charge on any atom is 0.420 e. The fourth-order valence-corrected chi connectivity index (χ4v) is 3.21. The van der Waals surface area contributed by atoms with E-state index in [1.807, 2.05) is 6.07 Å². The highest BCUT2D eigenvalue weighted by Crippen LogP contribution is 2.14. The molecule has 2 rings (SSSR count). The number of anilines is 2. The van der Waals surface area contributed by atoms with Crippen molar-refractivity contribution in [3.8, 4) is 0 Å². The molecule has 196 valence electrons. The summed E-state index contributed by atoms with van der Waals surface area (Å²) in [4.78, 5) is 44.4. The van der Waals surface area contributed by atoms with Crippen LogP contribution < -0.4 is 20.7 Å². The van der Waals surface area contributed by atoms with Gasteiger partial charge in [-0.05, 0) is 50.2 Å². The summed E-state index contributed by atoms with van der Waals surface area (Å²) in [6.07, 6.45) is -3.21. The van der Waals surface area contributed by atoms with E-state index >= 15 is 0 Å². The first-order chi connectivity index (χ1) is 17.0. The average molecular weight is 525 g/mol. The van der Waals surface area contributed by atoms with Crippen molar-refractivity contribution in [1.29, 1.82) is 0 Å². The zero-order valence-corrected chi connectivity index (χ0v) is 20.9. The summed E-state index contributed by atoms with van der Waals surface area (Å²) in [5.74, 6) is -0.310. The standard InChI is InChI=1S/C12H16N2O3.C10H12N2O6S/c1-3-13-11(15)9(2)17-12(16)14-10-7-5-4-6-8-10;1-17-9(13)11-7-3-5-8(6-4-7)19(15,16)12-10(14)18-2/h4-9H,3H2,1-2H3,(H,13,15)(H,14,16);3-6H,1-2H3,(H,11,13)(H,12,14). The van der Waals surface area contributed by atoms with Gasteiger partial charge in [-0.2, -0.15) is 0 Å². The second kappa shape index (κ2) is 14.8. The molecule has 36 heavy (non-hydrogen) atoms. The lowest BCUT2D eigenvalue weighted by atomic mass is 10.3. The predicted octanol–water partition coefficient (Wildman–Crippen LogP) is 2.67. The Kier molecular flexibility index (Phi) is 12.2. The van der Waals surface area contributed by atoms with E-state index in [0.29, 0.717) is 17.9 Å². The van der Waals surface area contributed by atoms with Crippen molar-refractivity contribution in [2.75, 3.05) is 31.4 Å². The van der Waals surface area contributed by atoms with Gasteiger partial charge in [0.05, 0.1) is 19.1 Å². The van der Waals surface area contributed by atoms with E-state index in [9.17, 15) is 27.6 Å². The third-order valence-electron chi connectivity index (χ3n) is 4.02. The lowest BCUT2D eigenvalue weighted by Gasteiger charge is -2.13. The fourth-order valence-electron chi connectivity index (χ4n) is 2.30. The van der Waals surface area contributed by atoms with Gasteiger partial charge in [0.25, 0.3) is 15.9 Å². The number of hydrogen-bond acceptors (Lipinski definition) is 9. The zero-order valence-electron chi connectivity index (χ0n) is 20.1. The Hall–Kier alpha value is -4.33. The van der Waals surface area contributed by atoms with Gasteiger partial charge in [-0.15, -0.1) is 0 Å². The van der Waals surface area contributed by atoms with E-state index in [4.69, 9.17) is 4.74 Å². The fraction of sp³-hybridized carbons (Fsp3) is 0.273. The molecule has 2 aromatic carbocycles. The minimum Gasteiger partial charge on any atom is -0.453 e. The highest BCUT2D eigenvalue weighted by Gasteiger charge is 2.18. The number of amides is 4. The first-order valence-corrected chi connectivity index (χ1v) is 11.9. The zero-order chi connectivity index (χ0) is 27.1. The van der Waals surface area contributed by atoms with E-state index in [-0.39, 0.29) is 10.8 Å². The molecule has 4 amide bonds. The summed E-state index contributed by atoms with van der Waals surface area (Å²) in [6.45, 7) is 3.83. The second-order valence-corrected chi connectivity index (χ2v) is 8.35. The largest absolute Gasteiger partial charge is 0.453 e. The summed E-state index contributed by atoms with van der Waals surface area (Å²) in [6, 6.07) is 14.0. The highest BCUT2D eigenvalue weighted by atomic mass is 32.2. The minimum absolute atomic E-state index is 0.145. The molecule has 0 aromatic heterocycles. The van der Waals surface area contributed by atoms with Crippen molar-refractivity contribution in [3.05, 3.63) is 54.6 Å². The lowest BCUT2D eigenvalue weighted by Crippen LogP contribution is -2.36. The molecule has 0 radical (unpaired) electrons. The lowest BCUT2D eigenvalue weighted by molar-refractivity contribution is -0.128. The van der Waals surface area contributed by atoms with Crippen LogP contribution in [0.5, 0.6) is 0 Å². The molecule has 0 aliphatic carbocycles. The Balaban J connectivity index is 0.000000362. The molecular weight excluding hydrogens is 496 g/mol. The van der Waals surface area contributed by atoms with Crippen LogP contribution in [0.4, 0.5) is 25.8 Å². The van der Waals surface area contributed by atoms with Crippen LogP contribution in [0, 0.1) is 0 Å². The molecular formula is C22H28N4O9S. The van der Waals surface area contributed by atoms with Crippen molar-refractivity contribution in [2.24, 2.45) is 0 Å². The monoisotopic (exact) mass is 524 g/mol. The molecule has 0 bridgehead atoms. The van der Waals surface area contributed by atoms with Crippen LogP contribution in [0.25, 0.3) is 0 Å². The quantitative estimate of drug-likeness (QED) is 0.396. The van der Waals surface area contributed by atoms with Gasteiger partial charge in [-0.1, -0.05) is 18.2 Å². The molecule has 0 saturated heterocycles. The van der Waals surface area contributed by atoms with Gasteiger partial charge in [-0.3, -0.25) is 15.4 Å². The van der Waals surface area contributed by atoms with Gasteiger partial charge in [0.1, 0.15) is 0 Å². The Morgan fingerprint density at radius 1 is 0.806 bits per heavy atom. The Morgan fingerprint density at radius 2 is 1.33 bits per heavy atom. The summed E-state index contributed by atoms with van der Waals surface area (Å²) < 4.78 is 38.5. The molecule has 0 fully saturated rings. The van der Waals surface area contributed by atoms with Crippen molar-refractivity contribution in [1.82, 2.24) is 10.0 Å². The minimum atomic E-state index is -3.99. The summed E-state index contributed by atoms with van der Waals surface area (Å²) >= 11 is 0. The number of benzene rings is 2. The van der Waals surface area contributed by atoms with E-state index in [2.05, 4.69) is 25.4 Å². The van der Waals surface area contributed by atoms with Crippen molar-refractivity contribution in [2.45, 2.75) is 24.8 Å². The number of rotatable bonds is 7. The molecule has 0 spiro atoms. The number of methoxy groups -OCH3 is 2. The number of nitrogens with one attached hydrogen (secondary N) is 4. The topological polar surface area (TPSA) is 178 Å². The molecule has 0 aliphatic rings. The summed E-state index contributed by atoms with van der Waals surface area (Å²) in [5, 5.41) is 7.45. The van der Waals surface area contributed by atoms with Crippen LogP contribution in [0.3, 0.4) is 0 Å². The first kappa shape index (κ1) is 29.7. The molecule has 13 nitrogen and oxygen atoms in total.